The normalized spacial score (nSPS) is 23.5. The van der Waals surface area contributed by atoms with Crippen molar-refractivity contribution >= 4 is 6.03 Å². The van der Waals surface area contributed by atoms with Crippen LogP contribution in [0.4, 0.5) is 4.79 Å². The third-order valence-electron chi connectivity index (χ3n) is 4.38. The van der Waals surface area contributed by atoms with Crippen molar-refractivity contribution in [2.75, 3.05) is 39.3 Å². The third kappa shape index (κ3) is 3.39. The Kier molecular flexibility index (Phi) is 5.05. The van der Waals surface area contributed by atoms with Crippen molar-refractivity contribution in [3.63, 3.8) is 0 Å². The van der Waals surface area contributed by atoms with Gasteiger partial charge in [-0.3, -0.25) is 0 Å². The molecule has 0 radical (unpaired) electrons. The fraction of sp³-hybridized carbons (Fsp3) is 0.929. The van der Waals surface area contributed by atoms with Crippen LogP contribution in [0, 0.1) is 0 Å². The Bertz CT molecular complexity index is 299. The number of nitrogens with zero attached hydrogens (tertiary/aromatic N) is 3. The second-order valence-corrected chi connectivity index (χ2v) is 5.90. The SMILES string of the molecule is CC(C)N1CCC(N2CCCN(CCO)C2=O)CC1. The quantitative estimate of drug-likeness (QED) is 0.827. The van der Waals surface area contributed by atoms with E-state index in [4.69, 9.17) is 5.11 Å². The predicted octanol–water partition coefficient (Wildman–Crippen LogP) is 0.979. The number of carbonyl (C=O) groups is 1. The minimum Gasteiger partial charge on any atom is -0.395 e. The van der Waals surface area contributed by atoms with E-state index in [2.05, 4.69) is 18.7 Å². The largest absolute Gasteiger partial charge is 0.395 e. The predicted molar refractivity (Wildman–Crippen MR) is 75.1 cm³/mol. The van der Waals surface area contributed by atoms with Crippen molar-refractivity contribution in [3.05, 3.63) is 0 Å². The van der Waals surface area contributed by atoms with Gasteiger partial charge in [-0.1, -0.05) is 0 Å². The van der Waals surface area contributed by atoms with Gasteiger partial charge in [-0.05, 0) is 33.1 Å². The fourth-order valence-electron chi connectivity index (χ4n) is 3.19. The molecule has 0 saturated carbocycles. The first-order valence-electron chi connectivity index (χ1n) is 7.54. The number of hydrogen-bond donors (Lipinski definition) is 1. The summed E-state index contributed by atoms with van der Waals surface area (Å²) in [6.07, 6.45) is 3.18. The van der Waals surface area contributed by atoms with E-state index in [1.165, 1.54) is 0 Å². The number of rotatable bonds is 4. The molecular weight excluding hydrogens is 242 g/mol. The minimum absolute atomic E-state index is 0.0609. The molecular formula is C14H27N3O2. The van der Waals surface area contributed by atoms with Crippen molar-refractivity contribution in [1.82, 2.24) is 14.7 Å². The number of hydrogen-bond acceptors (Lipinski definition) is 3. The number of amides is 2. The lowest BCUT2D eigenvalue weighted by molar-refractivity contribution is 0.0664. The van der Waals surface area contributed by atoms with E-state index in [-0.39, 0.29) is 12.6 Å². The summed E-state index contributed by atoms with van der Waals surface area (Å²) in [4.78, 5) is 18.7. The smallest absolute Gasteiger partial charge is 0.320 e. The minimum atomic E-state index is 0.0609. The Morgan fingerprint density at radius 1 is 1.21 bits per heavy atom. The van der Waals surface area contributed by atoms with Crippen LogP contribution < -0.4 is 0 Å². The van der Waals surface area contributed by atoms with Crippen molar-refractivity contribution in [3.8, 4) is 0 Å². The van der Waals surface area contributed by atoms with Crippen LogP contribution in [0.2, 0.25) is 0 Å². The van der Waals surface area contributed by atoms with Gasteiger partial charge in [0.1, 0.15) is 0 Å². The van der Waals surface area contributed by atoms with Crippen LogP contribution in [0.1, 0.15) is 33.1 Å². The molecule has 2 heterocycles. The van der Waals surface area contributed by atoms with Gasteiger partial charge in [0.25, 0.3) is 0 Å². The fourth-order valence-corrected chi connectivity index (χ4v) is 3.19. The van der Waals surface area contributed by atoms with Gasteiger partial charge in [-0.2, -0.15) is 0 Å². The Hall–Kier alpha value is -0.810. The van der Waals surface area contributed by atoms with E-state index in [9.17, 15) is 4.79 Å². The molecule has 2 rings (SSSR count). The van der Waals surface area contributed by atoms with Gasteiger partial charge in [0.05, 0.1) is 6.61 Å². The van der Waals surface area contributed by atoms with Crippen LogP contribution in [-0.4, -0.2) is 77.3 Å². The molecule has 19 heavy (non-hydrogen) atoms. The molecule has 2 amide bonds. The van der Waals surface area contributed by atoms with Crippen molar-refractivity contribution < 1.29 is 9.90 Å². The summed E-state index contributed by atoms with van der Waals surface area (Å²) in [5.74, 6) is 0. The average molecular weight is 269 g/mol. The summed E-state index contributed by atoms with van der Waals surface area (Å²) in [6, 6.07) is 1.12. The van der Waals surface area contributed by atoms with Gasteiger partial charge < -0.3 is 19.8 Å². The van der Waals surface area contributed by atoms with Crippen LogP contribution in [0.5, 0.6) is 0 Å². The van der Waals surface area contributed by atoms with E-state index < -0.39 is 0 Å². The molecule has 0 atom stereocenters. The molecule has 5 nitrogen and oxygen atoms in total. The molecule has 0 spiro atoms. The van der Waals surface area contributed by atoms with E-state index in [0.717, 1.165) is 45.4 Å². The highest BCUT2D eigenvalue weighted by atomic mass is 16.3. The van der Waals surface area contributed by atoms with Gasteiger partial charge in [0, 0.05) is 44.8 Å². The van der Waals surface area contributed by atoms with Gasteiger partial charge in [0.15, 0.2) is 0 Å². The lowest BCUT2D eigenvalue weighted by Gasteiger charge is -2.44. The first-order chi connectivity index (χ1) is 9.13. The molecule has 2 aliphatic rings. The summed E-state index contributed by atoms with van der Waals surface area (Å²) in [6.45, 7) is 8.85. The maximum absolute atomic E-state index is 12.4. The molecule has 0 unspecified atom stereocenters. The van der Waals surface area contributed by atoms with E-state index >= 15 is 0 Å². The topological polar surface area (TPSA) is 47.0 Å². The van der Waals surface area contributed by atoms with Gasteiger partial charge in [0.2, 0.25) is 0 Å². The summed E-state index contributed by atoms with van der Waals surface area (Å²) in [7, 11) is 0. The third-order valence-corrected chi connectivity index (χ3v) is 4.38. The molecule has 5 heteroatoms. The Balaban J connectivity index is 1.89. The van der Waals surface area contributed by atoms with E-state index in [0.29, 0.717) is 18.6 Å². The molecule has 2 aliphatic heterocycles. The van der Waals surface area contributed by atoms with Gasteiger partial charge in [-0.15, -0.1) is 0 Å². The maximum atomic E-state index is 12.4. The molecule has 0 aliphatic carbocycles. The number of likely N-dealkylation sites (tertiary alicyclic amines) is 1. The second kappa shape index (κ2) is 6.57. The van der Waals surface area contributed by atoms with Crippen LogP contribution in [0.15, 0.2) is 0 Å². The molecule has 0 aromatic carbocycles. The first kappa shape index (κ1) is 14.6. The lowest BCUT2D eigenvalue weighted by Crippen LogP contribution is -2.56. The van der Waals surface area contributed by atoms with Crippen molar-refractivity contribution in [2.45, 2.75) is 45.2 Å². The standard InChI is InChI=1S/C14H27N3O2/c1-12(2)15-8-4-13(5-9-15)17-7-3-6-16(10-11-18)14(17)19/h12-13,18H,3-11H2,1-2H3. The highest BCUT2D eigenvalue weighted by Gasteiger charge is 2.33. The Morgan fingerprint density at radius 3 is 2.47 bits per heavy atom. The highest BCUT2D eigenvalue weighted by Crippen LogP contribution is 2.22. The van der Waals surface area contributed by atoms with Crippen LogP contribution in [0.3, 0.4) is 0 Å². The second-order valence-electron chi connectivity index (χ2n) is 5.90. The summed E-state index contributed by atoms with van der Waals surface area (Å²) >= 11 is 0. The van der Waals surface area contributed by atoms with Crippen molar-refractivity contribution in [1.29, 1.82) is 0 Å². The molecule has 0 bridgehead atoms. The average Bonchev–Trinajstić information content (AvgIpc) is 2.41. The number of piperidine rings is 1. The highest BCUT2D eigenvalue weighted by molar-refractivity contribution is 5.75. The zero-order valence-corrected chi connectivity index (χ0v) is 12.2. The molecule has 0 aromatic rings. The number of aliphatic hydroxyl groups is 1. The monoisotopic (exact) mass is 269 g/mol. The number of β-amino-alcohol motifs (C(OH)–C–C–N with tert-alkyl or cyclic N) is 1. The molecule has 2 saturated heterocycles. The zero-order chi connectivity index (χ0) is 13.8. The zero-order valence-electron chi connectivity index (χ0n) is 12.2. The van der Waals surface area contributed by atoms with E-state index in [1.54, 1.807) is 4.90 Å². The first-order valence-corrected chi connectivity index (χ1v) is 7.54. The Labute approximate surface area is 116 Å². The molecule has 2 fully saturated rings. The molecule has 1 N–H and O–H groups in total. The lowest BCUT2D eigenvalue weighted by atomic mass is 10.0. The maximum Gasteiger partial charge on any atom is 0.320 e. The van der Waals surface area contributed by atoms with Crippen molar-refractivity contribution in [2.24, 2.45) is 0 Å². The van der Waals surface area contributed by atoms with Crippen LogP contribution in [0.25, 0.3) is 0 Å². The molecule has 110 valence electrons. The summed E-state index contributed by atoms with van der Waals surface area (Å²) in [5, 5.41) is 9.01. The number of carbonyl (C=O) groups excluding carboxylic acids is 1. The van der Waals surface area contributed by atoms with Gasteiger partial charge in [-0.25, -0.2) is 4.79 Å². The van der Waals surface area contributed by atoms with Crippen LogP contribution >= 0.6 is 0 Å². The number of urea groups is 1. The summed E-state index contributed by atoms with van der Waals surface area (Å²) in [5.41, 5.74) is 0. The number of aliphatic hydroxyl groups excluding tert-OH is 1. The van der Waals surface area contributed by atoms with Gasteiger partial charge >= 0.3 is 6.03 Å². The Morgan fingerprint density at radius 2 is 1.89 bits per heavy atom. The molecule has 0 aromatic heterocycles. The van der Waals surface area contributed by atoms with Crippen LogP contribution in [-0.2, 0) is 0 Å². The summed E-state index contributed by atoms with van der Waals surface area (Å²) < 4.78 is 0. The van der Waals surface area contributed by atoms with E-state index in [1.807, 2.05) is 4.90 Å².